The molecule has 1 amide bonds. The van der Waals surface area contributed by atoms with Gasteiger partial charge in [-0.05, 0) is 48.7 Å². The van der Waals surface area contributed by atoms with Crippen molar-refractivity contribution in [2.75, 3.05) is 19.5 Å². The molecule has 0 saturated carbocycles. The fourth-order valence-electron chi connectivity index (χ4n) is 4.69. The highest BCUT2D eigenvalue weighted by Crippen LogP contribution is 2.52. The number of carbonyl (C=O) groups is 1. The van der Waals surface area contributed by atoms with Gasteiger partial charge in [0.1, 0.15) is 22.7 Å². The lowest BCUT2D eigenvalue weighted by Gasteiger charge is -2.36. The molecule has 40 heavy (non-hydrogen) atoms. The van der Waals surface area contributed by atoms with Crippen LogP contribution in [0.25, 0.3) is 11.3 Å². The van der Waals surface area contributed by atoms with Gasteiger partial charge in [-0.15, -0.1) is 5.10 Å². The molecule has 0 saturated heterocycles. The molecule has 210 valence electrons. The quantitative estimate of drug-likeness (QED) is 0.251. The smallest absolute Gasteiger partial charge is 0.416 e. The van der Waals surface area contributed by atoms with Crippen molar-refractivity contribution in [3.05, 3.63) is 70.2 Å². The minimum atomic E-state index is -4.50. The van der Waals surface area contributed by atoms with E-state index in [1.807, 2.05) is 38.1 Å². The molecule has 1 aliphatic heterocycles. The molecule has 0 radical (unpaired) electrons. The topological polar surface area (TPSA) is 87.5 Å². The van der Waals surface area contributed by atoms with Gasteiger partial charge in [-0.2, -0.15) is 13.2 Å². The molecule has 0 aliphatic carbocycles. The van der Waals surface area contributed by atoms with E-state index in [0.29, 0.717) is 35.8 Å². The molecule has 0 unspecified atom stereocenters. The monoisotopic (exact) mass is 572 g/mol. The molecule has 0 fully saturated rings. The second-order valence-corrected chi connectivity index (χ2v) is 10.3. The highest BCUT2D eigenvalue weighted by Gasteiger charge is 2.43. The normalized spacial score (nSPS) is 13.7. The third-order valence-corrected chi connectivity index (χ3v) is 8.10. The van der Waals surface area contributed by atoms with Gasteiger partial charge in [-0.3, -0.25) is 14.8 Å². The summed E-state index contributed by atoms with van der Waals surface area (Å²) in [4.78, 5) is 18.7. The highest BCUT2D eigenvalue weighted by atomic mass is 32.1. The SMILES string of the molecule is CCC1(CC)Oc2cc(C(F)(F)F)ccc2-c2nc(NC(=O)c3cn(Cc4ccc(OC)cc4)nc3OC)sc21. The van der Waals surface area contributed by atoms with Gasteiger partial charge >= 0.3 is 6.18 Å². The van der Waals surface area contributed by atoms with Crippen LogP contribution in [-0.4, -0.2) is 34.9 Å². The number of hydrogen-bond donors (Lipinski definition) is 1. The maximum Gasteiger partial charge on any atom is 0.416 e. The molecule has 0 atom stereocenters. The molecular weight excluding hydrogens is 545 g/mol. The summed E-state index contributed by atoms with van der Waals surface area (Å²) in [5.41, 5.74) is 0.455. The molecule has 12 heteroatoms. The van der Waals surface area contributed by atoms with Crippen LogP contribution in [0.1, 0.15) is 53.1 Å². The number of ether oxygens (including phenoxy) is 3. The standard InChI is InChI=1S/C28H27F3N4O4S/c1-5-27(6-2)23-22(19-12-9-17(28(29,30)31)13-21(19)39-27)32-26(40-23)33-24(36)20-15-35(34-25(20)38-4)14-16-7-10-18(37-3)11-8-16/h7-13,15H,5-6,14H2,1-4H3,(H,32,33,36). The molecule has 8 nitrogen and oxygen atoms in total. The van der Waals surface area contributed by atoms with Crippen LogP contribution in [-0.2, 0) is 18.3 Å². The van der Waals surface area contributed by atoms with Crippen molar-refractivity contribution < 1.29 is 32.2 Å². The second-order valence-electron chi connectivity index (χ2n) is 9.26. The van der Waals surface area contributed by atoms with Crippen molar-refractivity contribution in [2.45, 2.75) is 45.0 Å². The first kappa shape index (κ1) is 27.5. The number of hydrogen-bond acceptors (Lipinski definition) is 7. The van der Waals surface area contributed by atoms with Crippen molar-refractivity contribution in [2.24, 2.45) is 0 Å². The Morgan fingerprint density at radius 2 is 1.82 bits per heavy atom. The molecule has 4 aromatic rings. The zero-order valence-electron chi connectivity index (χ0n) is 22.3. The van der Waals surface area contributed by atoms with Crippen LogP contribution < -0.4 is 19.5 Å². The zero-order valence-corrected chi connectivity index (χ0v) is 23.1. The summed E-state index contributed by atoms with van der Waals surface area (Å²) in [5.74, 6) is 0.529. The number of aromatic nitrogens is 3. The Morgan fingerprint density at radius 1 is 1.10 bits per heavy atom. The number of benzene rings is 2. The molecule has 0 bridgehead atoms. The van der Waals surface area contributed by atoms with Crippen molar-refractivity contribution >= 4 is 22.4 Å². The third-order valence-electron chi connectivity index (χ3n) is 6.94. The lowest BCUT2D eigenvalue weighted by Crippen LogP contribution is -2.34. The fraction of sp³-hybridized carbons (Fsp3) is 0.321. The molecule has 0 spiro atoms. The van der Waals surface area contributed by atoms with Crippen molar-refractivity contribution in [1.29, 1.82) is 0 Å². The van der Waals surface area contributed by atoms with Gasteiger partial charge in [0.25, 0.3) is 5.91 Å². The van der Waals surface area contributed by atoms with Gasteiger partial charge in [0, 0.05) is 11.8 Å². The summed E-state index contributed by atoms with van der Waals surface area (Å²) < 4.78 is 58.5. The molecule has 3 heterocycles. The van der Waals surface area contributed by atoms with E-state index in [-0.39, 0.29) is 17.2 Å². The summed E-state index contributed by atoms with van der Waals surface area (Å²) in [5, 5.41) is 7.49. The van der Waals surface area contributed by atoms with E-state index in [2.05, 4.69) is 15.4 Å². The van der Waals surface area contributed by atoms with Gasteiger partial charge in [0.15, 0.2) is 5.13 Å². The maximum absolute atomic E-state index is 13.4. The molecule has 1 N–H and O–H groups in total. The van der Waals surface area contributed by atoms with E-state index < -0.39 is 23.2 Å². The van der Waals surface area contributed by atoms with E-state index in [4.69, 9.17) is 14.2 Å². The summed E-state index contributed by atoms with van der Waals surface area (Å²) in [7, 11) is 3.02. The van der Waals surface area contributed by atoms with Gasteiger partial charge in [0.2, 0.25) is 5.88 Å². The van der Waals surface area contributed by atoms with Crippen molar-refractivity contribution in [3.63, 3.8) is 0 Å². The predicted octanol–water partition coefficient (Wildman–Crippen LogP) is 6.75. The average Bonchev–Trinajstić information content (AvgIpc) is 3.56. The van der Waals surface area contributed by atoms with E-state index in [9.17, 15) is 18.0 Å². The van der Waals surface area contributed by atoms with Crippen LogP contribution in [0.4, 0.5) is 18.3 Å². The Bertz CT molecular complexity index is 1540. The molecule has 5 rings (SSSR count). The Kier molecular flexibility index (Phi) is 7.21. The van der Waals surface area contributed by atoms with Gasteiger partial charge in [-0.25, -0.2) is 4.98 Å². The first-order chi connectivity index (χ1) is 19.1. The van der Waals surface area contributed by atoms with Crippen molar-refractivity contribution in [3.8, 4) is 28.6 Å². The number of thiazole rings is 1. The number of fused-ring (bicyclic) bond motifs is 3. The Morgan fingerprint density at radius 3 is 2.45 bits per heavy atom. The first-order valence-corrected chi connectivity index (χ1v) is 13.4. The number of amides is 1. The summed E-state index contributed by atoms with van der Waals surface area (Å²) in [6.07, 6.45) is -1.90. The second kappa shape index (κ2) is 10.5. The van der Waals surface area contributed by atoms with Crippen LogP contribution in [0.2, 0.25) is 0 Å². The Balaban J connectivity index is 1.44. The Labute approximate surface area is 232 Å². The predicted molar refractivity (Wildman–Crippen MR) is 144 cm³/mol. The third kappa shape index (κ3) is 4.99. The largest absolute Gasteiger partial charge is 0.497 e. The summed E-state index contributed by atoms with van der Waals surface area (Å²) in [6, 6.07) is 10.9. The number of nitrogens with zero attached hydrogens (tertiary/aromatic N) is 3. The average molecular weight is 573 g/mol. The minimum Gasteiger partial charge on any atom is -0.497 e. The number of methoxy groups -OCH3 is 2. The number of anilines is 1. The molecular formula is C28H27F3N4O4S. The van der Waals surface area contributed by atoms with Crippen LogP contribution in [0, 0.1) is 0 Å². The number of rotatable bonds is 8. The van der Waals surface area contributed by atoms with E-state index in [0.717, 1.165) is 28.3 Å². The van der Waals surface area contributed by atoms with Crippen LogP contribution in [0.5, 0.6) is 17.4 Å². The lowest BCUT2D eigenvalue weighted by atomic mass is 9.89. The maximum atomic E-state index is 13.4. The van der Waals surface area contributed by atoms with Gasteiger partial charge < -0.3 is 14.2 Å². The lowest BCUT2D eigenvalue weighted by molar-refractivity contribution is -0.137. The van der Waals surface area contributed by atoms with Gasteiger partial charge in [0.05, 0.1) is 36.9 Å². The first-order valence-electron chi connectivity index (χ1n) is 12.6. The van der Waals surface area contributed by atoms with Crippen LogP contribution in [0.15, 0.2) is 48.7 Å². The fourth-order valence-corrected chi connectivity index (χ4v) is 5.93. The summed E-state index contributed by atoms with van der Waals surface area (Å²) >= 11 is 1.24. The molecule has 2 aromatic heterocycles. The summed E-state index contributed by atoms with van der Waals surface area (Å²) in [6.45, 7) is 4.22. The highest BCUT2D eigenvalue weighted by molar-refractivity contribution is 7.16. The van der Waals surface area contributed by atoms with E-state index >= 15 is 0 Å². The minimum absolute atomic E-state index is 0.121. The Hall–Kier alpha value is -4.06. The van der Waals surface area contributed by atoms with Gasteiger partial charge in [-0.1, -0.05) is 37.3 Å². The number of carbonyl (C=O) groups excluding carboxylic acids is 1. The van der Waals surface area contributed by atoms with Crippen LogP contribution in [0.3, 0.4) is 0 Å². The molecule has 2 aromatic carbocycles. The zero-order chi connectivity index (χ0) is 28.7. The van der Waals surface area contributed by atoms with E-state index in [1.165, 1.54) is 24.5 Å². The van der Waals surface area contributed by atoms with Crippen molar-refractivity contribution in [1.82, 2.24) is 14.8 Å². The number of halogens is 3. The van der Waals surface area contributed by atoms with E-state index in [1.54, 1.807) is 18.0 Å². The number of alkyl halides is 3. The number of nitrogens with one attached hydrogen (secondary N) is 1. The molecule has 1 aliphatic rings. The van der Waals surface area contributed by atoms with Crippen LogP contribution >= 0.6 is 11.3 Å².